The van der Waals surface area contributed by atoms with E-state index in [1.54, 1.807) is 25.3 Å². The minimum atomic E-state index is -0.422. The molecule has 0 saturated heterocycles. The van der Waals surface area contributed by atoms with Crippen LogP contribution < -0.4 is 10.6 Å². The average molecular weight is 279 g/mol. The van der Waals surface area contributed by atoms with Gasteiger partial charge in [-0.3, -0.25) is 4.79 Å². The molecule has 0 aliphatic carbocycles. The summed E-state index contributed by atoms with van der Waals surface area (Å²) < 4.78 is 4.95. The molecule has 1 aromatic heterocycles. The molecule has 0 aromatic carbocycles. The fourth-order valence-electron chi connectivity index (χ4n) is 1.61. The minimum absolute atomic E-state index is 0.0406. The Hall–Kier alpha value is -2.11. The maximum absolute atomic E-state index is 11.7. The van der Waals surface area contributed by atoms with E-state index in [1.807, 2.05) is 13.8 Å². The number of nitrogens with zero attached hydrogens (tertiary/aromatic N) is 1. The molecule has 0 radical (unpaired) electrons. The van der Waals surface area contributed by atoms with Crippen LogP contribution in [0.2, 0.25) is 0 Å². The zero-order valence-electron chi connectivity index (χ0n) is 12.1. The lowest BCUT2D eigenvalue weighted by molar-refractivity contribution is -0.121. The van der Waals surface area contributed by atoms with Crippen molar-refractivity contribution in [1.29, 1.82) is 0 Å². The Morgan fingerprint density at radius 1 is 1.40 bits per heavy atom. The monoisotopic (exact) mass is 279 g/mol. The van der Waals surface area contributed by atoms with Gasteiger partial charge in [0.1, 0.15) is 11.4 Å². The number of carbonyl (C=O) groups excluding carboxylic acids is 2. The summed E-state index contributed by atoms with van der Waals surface area (Å²) in [6.45, 7) is 6.27. The summed E-state index contributed by atoms with van der Waals surface area (Å²) in [6, 6.07) is 3.43. The maximum atomic E-state index is 11.7. The summed E-state index contributed by atoms with van der Waals surface area (Å²) >= 11 is 0. The van der Waals surface area contributed by atoms with Gasteiger partial charge >= 0.3 is 5.97 Å². The molecule has 1 rings (SSSR count). The van der Waals surface area contributed by atoms with Crippen molar-refractivity contribution in [3.05, 3.63) is 23.9 Å². The van der Waals surface area contributed by atoms with Crippen molar-refractivity contribution in [2.24, 2.45) is 0 Å². The van der Waals surface area contributed by atoms with E-state index in [2.05, 4.69) is 15.6 Å². The van der Waals surface area contributed by atoms with Gasteiger partial charge in [0.25, 0.3) is 0 Å². The standard InChI is InChI=1S/C14H21N3O3/c1-4-20-14(19)11-6-5-8-15-13(11)16-9-7-12(18)17-10(2)3/h5-6,8,10H,4,7,9H2,1-3H3,(H,15,16)(H,17,18). The normalized spacial score (nSPS) is 10.2. The number of aromatic nitrogens is 1. The van der Waals surface area contributed by atoms with Gasteiger partial charge in [0.2, 0.25) is 5.91 Å². The molecule has 0 atom stereocenters. The van der Waals surface area contributed by atoms with Gasteiger partial charge in [-0.15, -0.1) is 0 Å². The van der Waals surface area contributed by atoms with E-state index in [1.165, 1.54) is 0 Å². The molecule has 1 aromatic rings. The van der Waals surface area contributed by atoms with Crippen molar-refractivity contribution in [1.82, 2.24) is 10.3 Å². The van der Waals surface area contributed by atoms with Crippen LogP contribution in [-0.4, -0.2) is 36.1 Å². The largest absolute Gasteiger partial charge is 0.462 e. The summed E-state index contributed by atoms with van der Waals surface area (Å²) in [4.78, 5) is 27.3. The molecule has 110 valence electrons. The van der Waals surface area contributed by atoms with Crippen LogP contribution >= 0.6 is 0 Å². The molecule has 0 fully saturated rings. The SMILES string of the molecule is CCOC(=O)c1cccnc1NCCC(=O)NC(C)C. The smallest absolute Gasteiger partial charge is 0.341 e. The Labute approximate surface area is 118 Å². The highest BCUT2D eigenvalue weighted by molar-refractivity contribution is 5.94. The van der Waals surface area contributed by atoms with Crippen molar-refractivity contribution < 1.29 is 14.3 Å². The fraction of sp³-hybridized carbons (Fsp3) is 0.500. The van der Waals surface area contributed by atoms with Gasteiger partial charge in [0.15, 0.2) is 0 Å². The maximum Gasteiger partial charge on any atom is 0.341 e. The van der Waals surface area contributed by atoms with Crippen molar-refractivity contribution in [2.45, 2.75) is 33.2 Å². The van der Waals surface area contributed by atoms with Gasteiger partial charge in [-0.25, -0.2) is 9.78 Å². The third kappa shape index (κ3) is 5.26. The van der Waals surface area contributed by atoms with Gasteiger partial charge in [0.05, 0.1) is 6.61 Å². The van der Waals surface area contributed by atoms with Gasteiger partial charge in [-0.05, 0) is 32.9 Å². The molecule has 0 spiro atoms. The number of carbonyl (C=O) groups is 2. The van der Waals surface area contributed by atoms with Crippen LogP contribution in [0.1, 0.15) is 37.6 Å². The Kier molecular flexibility index (Phi) is 6.49. The van der Waals surface area contributed by atoms with E-state index in [9.17, 15) is 9.59 Å². The zero-order valence-corrected chi connectivity index (χ0v) is 12.1. The van der Waals surface area contributed by atoms with Gasteiger partial charge in [-0.2, -0.15) is 0 Å². The fourth-order valence-corrected chi connectivity index (χ4v) is 1.61. The van der Waals surface area contributed by atoms with E-state index in [0.29, 0.717) is 31.0 Å². The van der Waals surface area contributed by atoms with Crippen LogP contribution in [0.4, 0.5) is 5.82 Å². The summed E-state index contributed by atoms with van der Waals surface area (Å²) in [5.74, 6) is -0.0286. The van der Waals surface area contributed by atoms with Crippen molar-refractivity contribution >= 4 is 17.7 Å². The highest BCUT2D eigenvalue weighted by atomic mass is 16.5. The molecule has 0 saturated carbocycles. The summed E-state index contributed by atoms with van der Waals surface area (Å²) in [5.41, 5.74) is 0.374. The lowest BCUT2D eigenvalue weighted by Gasteiger charge is -2.11. The molecule has 6 heteroatoms. The van der Waals surface area contributed by atoms with Gasteiger partial charge in [0, 0.05) is 25.2 Å². The van der Waals surface area contributed by atoms with Crippen LogP contribution in [0.3, 0.4) is 0 Å². The Morgan fingerprint density at radius 2 is 2.15 bits per heavy atom. The second-order valence-corrected chi connectivity index (χ2v) is 4.52. The van der Waals surface area contributed by atoms with Gasteiger partial charge in [-0.1, -0.05) is 0 Å². The highest BCUT2D eigenvalue weighted by Crippen LogP contribution is 2.12. The first-order chi connectivity index (χ1) is 9.54. The number of pyridine rings is 1. The number of esters is 1. The number of nitrogens with one attached hydrogen (secondary N) is 2. The van der Waals surface area contributed by atoms with Crippen LogP contribution in [-0.2, 0) is 9.53 Å². The first kappa shape index (κ1) is 15.9. The van der Waals surface area contributed by atoms with Crippen LogP contribution in [0.5, 0.6) is 0 Å². The number of ether oxygens (including phenoxy) is 1. The molecule has 20 heavy (non-hydrogen) atoms. The third-order valence-corrected chi connectivity index (χ3v) is 2.40. The molecule has 1 heterocycles. The summed E-state index contributed by atoms with van der Waals surface area (Å²) in [5, 5.41) is 5.78. The number of anilines is 1. The van der Waals surface area contributed by atoms with Crippen molar-refractivity contribution in [3.8, 4) is 0 Å². The number of amides is 1. The average Bonchev–Trinajstić information content (AvgIpc) is 2.38. The second kappa shape index (κ2) is 8.14. The predicted octanol–water partition coefficient (Wildman–Crippen LogP) is 1.58. The molecule has 1 amide bonds. The lowest BCUT2D eigenvalue weighted by atomic mass is 10.2. The Morgan fingerprint density at radius 3 is 2.80 bits per heavy atom. The molecule has 0 unspecified atom stereocenters. The van der Waals surface area contributed by atoms with Crippen molar-refractivity contribution in [2.75, 3.05) is 18.5 Å². The minimum Gasteiger partial charge on any atom is -0.462 e. The quantitative estimate of drug-likeness (QED) is 0.741. The molecular weight excluding hydrogens is 258 g/mol. The van der Waals surface area contributed by atoms with E-state index >= 15 is 0 Å². The topological polar surface area (TPSA) is 80.3 Å². The van der Waals surface area contributed by atoms with Crippen LogP contribution in [0, 0.1) is 0 Å². The highest BCUT2D eigenvalue weighted by Gasteiger charge is 2.13. The van der Waals surface area contributed by atoms with E-state index in [0.717, 1.165) is 0 Å². The van der Waals surface area contributed by atoms with E-state index in [-0.39, 0.29) is 11.9 Å². The Bertz CT molecular complexity index is 461. The third-order valence-electron chi connectivity index (χ3n) is 2.40. The van der Waals surface area contributed by atoms with Crippen LogP contribution in [0.25, 0.3) is 0 Å². The van der Waals surface area contributed by atoms with E-state index < -0.39 is 5.97 Å². The first-order valence-corrected chi connectivity index (χ1v) is 6.70. The number of rotatable bonds is 7. The molecule has 0 bridgehead atoms. The molecule has 6 nitrogen and oxygen atoms in total. The predicted molar refractivity (Wildman–Crippen MR) is 76.6 cm³/mol. The van der Waals surface area contributed by atoms with Crippen molar-refractivity contribution in [3.63, 3.8) is 0 Å². The van der Waals surface area contributed by atoms with Crippen LogP contribution in [0.15, 0.2) is 18.3 Å². The van der Waals surface area contributed by atoms with E-state index in [4.69, 9.17) is 4.74 Å². The van der Waals surface area contributed by atoms with Gasteiger partial charge < -0.3 is 15.4 Å². The Balaban J connectivity index is 2.55. The first-order valence-electron chi connectivity index (χ1n) is 6.70. The number of hydrogen-bond donors (Lipinski definition) is 2. The summed E-state index contributed by atoms with van der Waals surface area (Å²) in [6.07, 6.45) is 1.90. The zero-order chi connectivity index (χ0) is 15.0. The second-order valence-electron chi connectivity index (χ2n) is 4.52. The molecule has 0 aliphatic rings. The molecular formula is C14H21N3O3. The molecule has 0 aliphatic heterocycles. The number of hydrogen-bond acceptors (Lipinski definition) is 5. The lowest BCUT2D eigenvalue weighted by Crippen LogP contribution is -2.31. The molecule has 2 N–H and O–H groups in total. The summed E-state index contributed by atoms with van der Waals surface area (Å²) in [7, 11) is 0.